The number of nitrogens with zero attached hydrogens (tertiary/aromatic N) is 1. The van der Waals surface area contributed by atoms with Gasteiger partial charge in [-0.05, 0) is 46.7 Å². The molecule has 0 saturated heterocycles. The van der Waals surface area contributed by atoms with Crippen LogP contribution < -0.4 is 4.90 Å². The van der Waals surface area contributed by atoms with E-state index in [1.165, 1.54) is 38.9 Å². The number of hydrogen-bond acceptors (Lipinski definition) is 1. The van der Waals surface area contributed by atoms with Crippen molar-refractivity contribution in [3.05, 3.63) is 145 Å². The van der Waals surface area contributed by atoms with E-state index in [4.69, 9.17) is 0 Å². The molecule has 5 rings (SSSR count). The van der Waals surface area contributed by atoms with Crippen LogP contribution in [0.3, 0.4) is 0 Å². The molecule has 0 saturated carbocycles. The highest BCUT2D eigenvalue weighted by Crippen LogP contribution is 2.42. The maximum absolute atomic E-state index is 2.43. The normalized spacial score (nSPS) is 11.8. The Hall–Kier alpha value is -4.10. The SMILES string of the molecule is CC/C(=C(/c1ccccc1)N(c1ccccc1)c1cccc2ccccc12)c1ccccc1. The van der Waals surface area contributed by atoms with Gasteiger partial charge >= 0.3 is 0 Å². The summed E-state index contributed by atoms with van der Waals surface area (Å²) in [6.07, 6.45) is 0.919. The summed E-state index contributed by atoms with van der Waals surface area (Å²) >= 11 is 0. The number of hydrogen-bond donors (Lipinski definition) is 0. The van der Waals surface area contributed by atoms with Crippen molar-refractivity contribution in [3.63, 3.8) is 0 Å². The van der Waals surface area contributed by atoms with Gasteiger partial charge in [-0.2, -0.15) is 0 Å². The molecule has 160 valence electrons. The Kier molecular flexibility index (Phi) is 6.04. The van der Waals surface area contributed by atoms with Gasteiger partial charge in [0.25, 0.3) is 0 Å². The summed E-state index contributed by atoms with van der Waals surface area (Å²) in [5.74, 6) is 0. The Balaban J connectivity index is 1.88. The van der Waals surface area contributed by atoms with Crippen LogP contribution in [-0.4, -0.2) is 0 Å². The van der Waals surface area contributed by atoms with Crippen LogP contribution in [0.4, 0.5) is 11.4 Å². The van der Waals surface area contributed by atoms with Crippen molar-refractivity contribution in [2.45, 2.75) is 13.3 Å². The van der Waals surface area contributed by atoms with E-state index in [-0.39, 0.29) is 0 Å². The topological polar surface area (TPSA) is 3.24 Å². The summed E-state index contributed by atoms with van der Waals surface area (Å²) in [5.41, 5.74) is 7.31. The Labute approximate surface area is 196 Å². The monoisotopic (exact) mass is 425 g/mol. The molecular weight excluding hydrogens is 398 g/mol. The summed E-state index contributed by atoms with van der Waals surface area (Å²) < 4.78 is 0. The van der Waals surface area contributed by atoms with Crippen molar-refractivity contribution in [1.29, 1.82) is 0 Å². The third-order valence-corrected chi connectivity index (χ3v) is 6.05. The summed E-state index contributed by atoms with van der Waals surface area (Å²) in [5, 5.41) is 2.47. The van der Waals surface area contributed by atoms with Crippen molar-refractivity contribution in [3.8, 4) is 0 Å². The molecule has 0 N–H and O–H groups in total. The van der Waals surface area contributed by atoms with Crippen LogP contribution in [0.5, 0.6) is 0 Å². The lowest BCUT2D eigenvalue weighted by atomic mass is 9.95. The standard InChI is InChI=1S/C32H27N/c1-2-29(25-15-6-3-7-16-25)32(27-18-8-4-9-19-27)33(28-21-10-5-11-22-28)31-24-14-20-26-17-12-13-23-30(26)31/h3-24H,2H2,1H3/b32-29+. The molecule has 0 aliphatic heterocycles. The molecule has 0 bridgehead atoms. The number of para-hydroxylation sites is 1. The molecule has 0 aromatic heterocycles. The van der Waals surface area contributed by atoms with Crippen LogP contribution in [0.1, 0.15) is 24.5 Å². The first kappa shape index (κ1) is 20.8. The van der Waals surface area contributed by atoms with Crippen molar-refractivity contribution in [2.24, 2.45) is 0 Å². The molecule has 33 heavy (non-hydrogen) atoms. The molecule has 0 fully saturated rings. The summed E-state index contributed by atoms with van der Waals surface area (Å²) in [4.78, 5) is 2.43. The first-order valence-corrected chi connectivity index (χ1v) is 11.5. The fourth-order valence-corrected chi connectivity index (χ4v) is 4.55. The van der Waals surface area contributed by atoms with Crippen LogP contribution in [0.15, 0.2) is 133 Å². The number of allylic oxidation sites excluding steroid dienone is 1. The lowest BCUT2D eigenvalue weighted by Gasteiger charge is -2.32. The maximum atomic E-state index is 2.43. The van der Waals surface area contributed by atoms with Crippen LogP contribution >= 0.6 is 0 Å². The minimum atomic E-state index is 0.919. The van der Waals surface area contributed by atoms with Crippen LogP contribution in [0.25, 0.3) is 22.0 Å². The summed E-state index contributed by atoms with van der Waals surface area (Å²) in [7, 11) is 0. The first-order valence-electron chi connectivity index (χ1n) is 11.5. The maximum Gasteiger partial charge on any atom is 0.0572 e. The van der Waals surface area contributed by atoms with Gasteiger partial charge in [0.1, 0.15) is 0 Å². The van der Waals surface area contributed by atoms with Gasteiger partial charge in [0.2, 0.25) is 0 Å². The number of benzene rings is 5. The second-order valence-corrected chi connectivity index (χ2v) is 8.08. The molecule has 0 aliphatic carbocycles. The lowest BCUT2D eigenvalue weighted by molar-refractivity contribution is 1.21. The number of anilines is 2. The largest absolute Gasteiger partial charge is 0.309 e. The van der Waals surface area contributed by atoms with Gasteiger partial charge in [-0.1, -0.05) is 122 Å². The third-order valence-electron chi connectivity index (χ3n) is 6.05. The fraction of sp³-hybridized carbons (Fsp3) is 0.0625. The van der Waals surface area contributed by atoms with Gasteiger partial charge in [-0.15, -0.1) is 0 Å². The molecule has 0 unspecified atom stereocenters. The van der Waals surface area contributed by atoms with E-state index < -0.39 is 0 Å². The molecule has 5 aromatic rings. The van der Waals surface area contributed by atoms with Crippen LogP contribution in [0.2, 0.25) is 0 Å². The van der Waals surface area contributed by atoms with E-state index in [1.54, 1.807) is 0 Å². The highest BCUT2D eigenvalue weighted by atomic mass is 15.2. The molecule has 0 amide bonds. The van der Waals surface area contributed by atoms with Gasteiger partial charge in [0, 0.05) is 11.1 Å². The number of fused-ring (bicyclic) bond motifs is 1. The summed E-state index contributed by atoms with van der Waals surface area (Å²) in [6.45, 7) is 2.25. The molecule has 0 heterocycles. The molecule has 1 heteroatoms. The fourth-order valence-electron chi connectivity index (χ4n) is 4.55. The van der Waals surface area contributed by atoms with E-state index in [0.29, 0.717) is 0 Å². The predicted octanol–water partition coefficient (Wildman–Crippen LogP) is 8.96. The van der Waals surface area contributed by atoms with E-state index in [0.717, 1.165) is 12.1 Å². The molecule has 5 aromatic carbocycles. The van der Waals surface area contributed by atoms with Crippen LogP contribution in [0, 0.1) is 0 Å². The van der Waals surface area contributed by atoms with E-state index in [2.05, 4.69) is 145 Å². The number of rotatable bonds is 6. The van der Waals surface area contributed by atoms with Crippen molar-refractivity contribution < 1.29 is 0 Å². The quantitative estimate of drug-likeness (QED) is 0.245. The summed E-state index contributed by atoms with van der Waals surface area (Å²) in [6, 6.07) is 47.4. The highest BCUT2D eigenvalue weighted by Gasteiger charge is 2.22. The second-order valence-electron chi connectivity index (χ2n) is 8.08. The zero-order valence-corrected chi connectivity index (χ0v) is 18.9. The van der Waals surface area contributed by atoms with E-state index in [1.807, 2.05) is 0 Å². The van der Waals surface area contributed by atoms with Crippen molar-refractivity contribution in [1.82, 2.24) is 0 Å². The van der Waals surface area contributed by atoms with Gasteiger partial charge < -0.3 is 4.90 Å². The second kappa shape index (κ2) is 9.58. The van der Waals surface area contributed by atoms with Crippen molar-refractivity contribution >= 4 is 33.4 Å². The zero-order valence-electron chi connectivity index (χ0n) is 18.9. The van der Waals surface area contributed by atoms with Gasteiger partial charge in [0.15, 0.2) is 0 Å². The third kappa shape index (κ3) is 4.18. The highest BCUT2D eigenvalue weighted by molar-refractivity contribution is 6.07. The Morgan fingerprint density at radius 1 is 0.545 bits per heavy atom. The zero-order chi connectivity index (χ0) is 22.5. The molecule has 0 atom stereocenters. The lowest BCUT2D eigenvalue weighted by Crippen LogP contribution is -2.17. The Morgan fingerprint density at radius 3 is 1.76 bits per heavy atom. The van der Waals surface area contributed by atoms with Crippen LogP contribution in [-0.2, 0) is 0 Å². The van der Waals surface area contributed by atoms with Gasteiger partial charge in [-0.3, -0.25) is 0 Å². The minimum Gasteiger partial charge on any atom is -0.309 e. The average molecular weight is 426 g/mol. The predicted molar refractivity (Wildman–Crippen MR) is 143 cm³/mol. The average Bonchev–Trinajstić information content (AvgIpc) is 2.90. The smallest absolute Gasteiger partial charge is 0.0572 e. The van der Waals surface area contributed by atoms with E-state index in [9.17, 15) is 0 Å². The van der Waals surface area contributed by atoms with Crippen molar-refractivity contribution in [2.75, 3.05) is 4.90 Å². The molecule has 0 aliphatic rings. The van der Waals surface area contributed by atoms with Gasteiger partial charge in [-0.25, -0.2) is 0 Å². The minimum absolute atomic E-state index is 0.919. The molecule has 0 spiro atoms. The first-order chi connectivity index (χ1) is 16.4. The molecule has 0 radical (unpaired) electrons. The Bertz CT molecular complexity index is 1360. The Morgan fingerprint density at radius 2 is 1.09 bits per heavy atom. The van der Waals surface area contributed by atoms with E-state index >= 15 is 0 Å². The van der Waals surface area contributed by atoms with Gasteiger partial charge in [0.05, 0.1) is 11.4 Å². The molecular formula is C32H27N. The molecule has 1 nitrogen and oxygen atoms in total.